The number of alkyl halides is 3. The number of imide groups is 1. The van der Waals surface area contributed by atoms with E-state index in [1.807, 2.05) is 30.3 Å². The van der Waals surface area contributed by atoms with Crippen LogP contribution in [0.2, 0.25) is 0 Å². The highest BCUT2D eigenvalue weighted by Gasteiger charge is 2.47. The average molecular weight is 1340 g/mol. The van der Waals surface area contributed by atoms with Crippen LogP contribution in [0.5, 0.6) is 0 Å². The quantitative estimate of drug-likeness (QED) is 0.0184. The number of H-pyrrole nitrogens is 1. The number of hydrogen-bond donors (Lipinski definition) is 14. The summed E-state index contributed by atoms with van der Waals surface area (Å²) < 4.78 is 38.7. The van der Waals surface area contributed by atoms with E-state index in [1.165, 1.54) is 27.7 Å². The number of nitrogens with zero attached hydrogens (tertiary/aromatic N) is 2. The number of hydrogen-bond acceptors (Lipinski definition) is 18. The molecule has 502 valence electrons. The predicted molar refractivity (Wildman–Crippen MR) is 340 cm³/mol. The average Bonchev–Trinajstić information content (AvgIpc) is 1.69. The van der Waals surface area contributed by atoms with Crippen molar-refractivity contribution in [3.05, 3.63) is 142 Å². The number of aromatic amines is 1. The van der Waals surface area contributed by atoms with Gasteiger partial charge in [-0.3, -0.25) is 48.5 Å². The summed E-state index contributed by atoms with van der Waals surface area (Å²) in [6.07, 6.45) is -5.15. The van der Waals surface area contributed by atoms with Crippen molar-refractivity contribution >= 4 is 97.2 Å². The number of carbonyl (C=O) groups is 9. The number of benzene rings is 4. The number of unbranched alkanes of at least 4 members (excludes halogenated alkanes) is 1. The number of anilines is 1. The van der Waals surface area contributed by atoms with Crippen molar-refractivity contribution in [3.63, 3.8) is 0 Å². The molecule has 3 heterocycles. The Kier molecular flexibility index (Phi) is 26.7. The first kappa shape index (κ1) is 73.4. The van der Waals surface area contributed by atoms with Crippen molar-refractivity contribution < 1.29 is 76.6 Å². The first-order valence-electron chi connectivity index (χ1n) is 29.5. The molecule has 0 bridgehead atoms. The molecule has 32 heteroatoms. The van der Waals surface area contributed by atoms with Crippen molar-refractivity contribution in [2.75, 3.05) is 29.6 Å². The second-order valence-corrected chi connectivity index (χ2v) is 25.2. The third-order valence-electron chi connectivity index (χ3n) is 15.0. The fourth-order valence-electron chi connectivity index (χ4n) is 9.76. The first-order valence-corrected chi connectivity index (χ1v) is 32.0. The minimum absolute atomic E-state index is 0.0340. The number of fused-ring (bicyclic) bond motifs is 1. The third-order valence-corrected chi connectivity index (χ3v) is 17.4. The van der Waals surface area contributed by atoms with E-state index in [1.54, 1.807) is 60.8 Å². The summed E-state index contributed by atoms with van der Waals surface area (Å²) in [5, 5.41) is 63.5. The molecule has 4 aromatic carbocycles. The molecule has 10 atom stereocenters. The molecular formula is C61H76F3N13O14S2. The van der Waals surface area contributed by atoms with Gasteiger partial charge in [0.25, 0.3) is 11.6 Å². The molecule has 10 amide bonds. The molecule has 0 radical (unpaired) electrons. The van der Waals surface area contributed by atoms with E-state index in [0.717, 1.165) is 44.1 Å². The zero-order valence-corrected chi connectivity index (χ0v) is 52.7. The molecule has 2 aliphatic heterocycles. The highest BCUT2D eigenvalue weighted by molar-refractivity contribution is 8.76. The molecule has 16 N–H and O–H groups in total. The van der Waals surface area contributed by atoms with Crippen LogP contribution < -0.4 is 58.9 Å². The molecule has 0 aliphatic carbocycles. The van der Waals surface area contributed by atoms with Gasteiger partial charge in [0.2, 0.25) is 41.4 Å². The van der Waals surface area contributed by atoms with Gasteiger partial charge >= 0.3 is 12.2 Å². The van der Waals surface area contributed by atoms with Gasteiger partial charge in [0.15, 0.2) is 0 Å². The highest BCUT2D eigenvalue weighted by Crippen LogP contribution is 2.39. The fourth-order valence-corrected chi connectivity index (χ4v) is 12.1. The number of para-hydroxylation sites is 1. The maximum atomic E-state index is 14.7. The minimum atomic E-state index is -4.99. The van der Waals surface area contributed by atoms with E-state index >= 15 is 0 Å². The highest BCUT2D eigenvalue weighted by atomic mass is 33.1. The lowest BCUT2D eigenvalue weighted by atomic mass is 10.0. The van der Waals surface area contributed by atoms with Crippen LogP contribution >= 0.6 is 21.6 Å². The lowest BCUT2D eigenvalue weighted by Crippen LogP contribution is -2.62. The topological polar surface area (TPSA) is 425 Å². The SMILES string of the molecule is CC(O)[C@@H]1NC(=O)[C@H](CCCCN)NC(=O)[C@@H](Cc2c[nH]c3ccccc23)NC(=O)[C@H](Cc2ccccc2)NC(=O)[C@@H](NC(=O)[C@H](N)Cc2ccccc2)CSSC[C@@H](C(=O)N[C@H](CO)[C@@H](C)O)NC1=O.CC1(C)NC(=O)N(c2ccc([N+](=O)[O-])c(C(F)(F)F)c2)C1=O. The number of nitrogens with one attached hydrogen (secondary N) is 9. The Morgan fingerprint density at radius 1 is 0.774 bits per heavy atom. The van der Waals surface area contributed by atoms with Crippen molar-refractivity contribution in [3.8, 4) is 0 Å². The van der Waals surface area contributed by atoms with Crippen LogP contribution in [0.25, 0.3) is 10.9 Å². The van der Waals surface area contributed by atoms with Crippen molar-refractivity contribution in [1.29, 1.82) is 0 Å². The molecule has 0 spiro atoms. The monoisotopic (exact) mass is 1340 g/mol. The number of nitro benzene ring substituents is 1. The molecule has 0 saturated carbocycles. The summed E-state index contributed by atoms with van der Waals surface area (Å²) in [4.78, 5) is 137. The number of carbonyl (C=O) groups excluding carboxylic acids is 9. The van der Waals surface area contributed by atoms with Gasteiger partial charge in [-0.15, -0.1) is 0 Å². The summed E-state index contributed by atoms with van der Waals surface area (Å²) in [6.45, 7) is 5.01. The van der Waals surface area contributed by atoms with E-state index in [9.17, 15) is 81.8 Å². The molecular weight excluding hydrogens is 1260 g/mol. The van der Waals surface area contributed by atoms with Crippen LogP contribution in [0.4, 0.5) is 29.3 Å². The summed E-state index contributed by atoms with van der Waals surface area (Å²) in [5.41, 5.74) is 10.7. The van der Waals surface area contributed by atoms with E-state index in [4.69, 9.17) is 11.5 Å². The van der Waals surface area contributed by atoms with Crippen molar-refractivity contribution in [1.82, 2.24) is 47.5 Å². The maximum Gasteiger partial charge on any atom is 0.423 e. The molecule has 93 heavy (non-hydrogen) atoms. The number of amides is 10. The van der Waals surface area contributed by atoms with E-state index in [0.29, 0.717) is 41.0 Å². The predicted octanol–water partition coefficient (Wildman–Crippen LogP) is 1.64. The third kappa shape index (κ3) is 20.7. The van der Waals surface area contributed by atoms with E-state index in [-0.39, 0.29) is 49.4 Å². The van der Waals surface area contributed by atoms with Crippen LogP contribution in [0.3, 0.4) is 0 Å². The number of nitrogens with two attached hydrogens (primary N) is 2. The molecule has 2 fully saturated rings. The van der Waals surface area contributed by atoms with Gasteiger partial charge in [-0.2, -0.15) is 13.2 Å². The van der Waals surface area contributed by atoms with Gasteiger partial charge in [-0.25, -0.2) is 9.69 Å². The first-order chi connectivity index (χ1) is 44.0. The van der Waals surface area contributed by atoms with Crippen molar-refractivity contribution in [2.24, 2.45) is 11.5 Å². The lowest BCUT2D eigenvalue weighted by molar-refractivity contribution is -0.388. The zero-order chi connectivity index (χ0) is 68.3. The maximum absolute atomic E-state index is 14.7. The standard InChI is InChI=1S/C49H66N10O10S2.C12H10F3N3O4/c1-28(61)39(25-60)56-48(68)41-27-71-70-26-40(57-43(63)34(51)21-30-13-5-3-6-14-30)47(67)54-37(22-31-15-7-4-8-16-31)45(65)55-38(23-32-24-52-35-18-10-9-17-33(32)35)46(66)53-36(19-11-12-20-50)44(64)59-42(29(2)62)49(69)58-41;1-11(2)9(19)17(10(20)16-11)6-3-4-8(18(21)22)7(5-6)12(13,14)15/h3-10,13-18,24,28-29,34,36-42,52,60-62H,11-12,19-23,25-27,50-51H2,1-2H3,(H,53,66)(H,54,67)(H,55,65)(H,56,68)(H,57,63)(H,58,69)(H,59,64);3-5H,1-2H3,(H,16,20)/t28-,29?,34-,36+,37+,38-,39-,40+,41+,42+;/m1./s1. The largest absolute Gasteiger partial charge is 0.423 e. The number of urea groups is 1. The van der Waals surface area contributed by atoms with Crippen LogP contribution in [-0.2, 0) is 63.8 Å². The normalized spacial score (nSPS) is 21.6. The summed E-state index contributed by atoms with van der Waals surface area (Å²) in [5.74, 6) is -6.76. The van der Waals surface area contributed by atoms with E-state index < -0.39 is 148 Å². The molecule has 27 nitrogen and oxygen atoms in total. The summed E-state index contributed by atoms with van der Waals surface area (Å²) in [7, 11) is 2.06. The number of aliphatic hydroxyl groups is 3. The van der Waals surface area contributed by atoms with Gasteiger partial charge in [0.05, 0.1) is 41.5 Å². The molecule has 7 rings (SSSR count). The Labute approximate surface area is 540 Å². The Morgan fingerprint density at radius 2 is 1.37 bits per heavy atom. The Morgan fingerprint density at radius 3 is 1.96 bits per heavy atom. The number of nitro groups is 1. The van der Waals surface area contributed by atoms with E-state index in [2.05, 4.69) is 47.5 Å². The minimum Gasteiger partial charge on any atom is -0.394 e. The fraction of sp³-hybridized carbons (Fsp3) is 0.426. The Hall–Kier alpha value is -8.66. The van der Waals surface area contributed by atoms with Gasteiger partial charge < -0.3 is 74.3 Å². The van der Waals surface area contributed by atoms with Crippen molar-refractivity contribution in [2.45, 2.75) is 138 Å². The van der Waals surface area contributed by atoms with Crippen LogP contribution in [0, 0.1) is 10.1 Å². The number of aliphatic hydroxyl groups excluding tert-OH is 3. The van der Waals surface area contributed by atoms with Crippen LogP contribution in [-0.4, -0.2) is 169 Å². The number of aromatic nitrogens is 1. The Bertz CT molecular complexity index is 3460. The number of rotatable bonds is 19. The number of halogens is 3. The van der Waals surface area contributed by atoms with Gasteiger partial charge in [-0.1, -0.05) is 100 Å². The molecule has 2 saturated heterocycles. The smallest absolute Gasteiger partial charge is 0.394 e. The molecule has 5 aromatic rings. The van der Waals surface area contributed by atoms with Gasteiger partial charge in [0, 0.05) is 47.5 Å². The lowest BCUT2D eigenvalue weighted by Gasteiger charge is -2.29. The zero-order valence-electron chi connectivity index (χ0n) is 51.1. The summed E-state index contributed by atoms with van der Waals surface area (Å²) >= 11 is 0. The molecule has 1 aromatic heterocycles. The Balaban J connectivity index is 0.000000523. The summed E-state index contributed by atoms with van der Waals surface area (Å²) in [6, 6.07) is 15.7. The van der Waals surface area contributed by atoms with Gasteiger partial charge in [-0.05, 0) is 94.8 Å². The molecule has 2 aliphatic rings. The molecule has 1 unspecified atom stereocenters. The second kappa shape index (κ2) is 33.8. The van der Waals surface area contributed by atoms with Gasteiger partial charge in [0.1, 0.15) is 47.4 Å². The van der Waals surface area contributed by atoms with Crippen LogP contribution in [0.1, 0.15) is 69.2 Å². The second-order valence-electron chi connectivity index (χ2n) is 22.6. The van der Waals surface area contributed by atoms with Crippen LogP contribution in [0.15, 0.2) is 109 Å².